The van der Waals surface area contributed by atoms with Gasteiger partial charge in [-0.15, -0.1) is 0 Å². The highest BCUT2D eigenvalue weighted by Crippen LogP contribution is 2.32. The Bertz CT molecular complexity index is 2020. The van der Waals surface area contributed by atoms with Crippen molar-refractivity contribution in [3.63, 3.8) is 0 Å². The predicted molar refractivity (Wildman–Crippen MR) is 199 cm³/mol. The van der Waals surface area contributed by atoms with Gasteiger partial charge in [0.05, 0.1) is 18.8 Å². The topological polar surface area (TPSA) is 115 Å². The first-order chi connectivity index (χ1) is 24.8. The third-order valence-corrected chi connectivity index (χ3v) is 9.88. The van der Waals surface area contributed by atoms with Gasteiger partial charge in [0.1, 0.15) is 11.6 Å². The number of hydrogen-bond acceptors (Lipinski definition) is 8. The molecule has 0 radical (unpaired) electrons. The van der Waals surface area contributed by atoms with Gasteiger partial charge in [-0.1, -0.05) is 54.1 Å². The van der Waals surface area contributed by atoms with Crippen LogP contribution in [0.2, 0.25) is 0 Å². The molecule has 2 aliphatic heterocycles. The van der Waals surface area contributed by atoms with E-state index < -0.39 is 6.23 Å². The molecule has 2 aliphatic rings. The van der Waals surface area contributed by atoms with Crippen molar-refractivity contribution in [2.24, 2.45) is 5.92 Å². The largest absolute Gasteiger partial charge is 0.383 e. The fourth-order valence-corrected chi connectivity index (χ4v) is 6.82. The van der Waals surface area contributed by atoms with E-state index in [1.165, 1.54) is 0 Å². The van der Waals surface area contributed by atoms with E-state index in [0.29, 0.717) is 59.4 Å². The van der Waals surface area contributed by atoms with Gasteiger partial charge >= 0.3 is 0 Å². The van der Waals surface area contributed by atoms with Gasteiger partial charge in [0.25, 0.3) is 0 Å². The highest BCUT2D eigenvalue weighted by Gasteiger charge is 2.20. The van der Waals surface area contributed by atoms with Crippen molar-refractivity contribution >= 4 is 11.5 Å². The molecular weight excluding hydrogens is 645 g/mol. The summed E-state index contributed by atoms with van der Waals surface area (Å²) < 4.78 is 28.2. The lowest BCUT2D eigenvalue weighted by Gasteiger charge is -2.26. The number of aryl methyl sites for hydroxylation is 1. The number of aromatic nitrogens is 2. The van der Waals surface area contributed by atoms with Gasteiger partial charge < -0.3 is 30.2 Å². The van der Waals surface area contributed by atoms with Crippen LogP contribution in [0.5, 0.6) is 0 Å². The number of anilines is 2. The molecule has 0 amide bonds. The summed E-state index contributed by atoms with van der Waals surface area (Å²) in [5, 5.41) is 14.5. The molecule has 10 heteroatoms. The third kappa shape index (κ3) is 8.21. The minimum Gasteiger partial charge on any atom is -0.383 e. The normalized spacial score (nSPS) is 16.2. The Labute approximate surface area is 297 Å². The molecule has 4 heterocycles. The quantitative estimate of drug-likeness (QED) is 0.140. The summed E-state index contributed by atoms with van der Waals surface area (Å²) in [4.78, 5) is 20.4. The van der Waals surface area contributed by atoms with Gasteiger partial charge in [-0.3, -0.25) is 9.69 Å². The Morgan fingerprint density at radius 3 is 2.27 bits per heavy atom. The summed E-state index contributed by atoms with van der Waals surface area (Å²) in [6, 6.07) is 22.5. The van der Waals surface area contributed by atoms with Crippen molar-refractivity contribution in [1.29, 1.82) is 0 Å². The molecule has 5 aromatic rings. The summed E-state index contributed by atoms with van der Waals surface area (Å²) in [7, 11) is 0. The third-order valence-electron chi connectivity index (χ3n) is 9.88. The van der Waals surface area contributed by atoms with E-state index in [2.05, 4.69) is 15.2 Å². The van der Waals surface area contributed by atoms with E-state index in [1.54, 1.807) is 18.5 Å². The molecule has 0 bridgehead atoms. The Hall–Kier alpha value is -4.87. The molecule has 2 saturated heterocycles. The number of halogens is 1. The summed E-state index contributed by atoms with van der Waals surface area (Å²) in [5.74, 6) is 0.518. The number of benzene rings is 3. The molecular formula is C41H44FN5O4. The smallest absolute Gasteiger partial charge is 0.197 e. The lowest BCUT2D eigenvalue weighted by molar-refractivity contribution is 0.0337. The van der Waals surface area contributed by atoms with Gasteiger partial charge in [0.15, 0.2) is 11.7 Å². The minimum atomic E-state index is -1.24. The number of nitrogens with zero attached hydrogens (tertiary/aromatic N) is 3. The molecule has 51 heavy (non-hydrogen) atoms. The van der Waals surface area contributed by atoms with Crippen molar-refractivity contribution in [2.45, 2.75) is 39.1 Å². The summed E-state index contributed by atoms with van der Waals surface area (Å²) in [6.45, 7) is 7.66. The lowest BCUT2D eigenvalue weighted by atomic mass is 9.99. The Balaban J connectivity index is 1.10. The highest BCUT2D eigenvalue weighted by atomic mass is 19.1. The van der Waals surface area contributed by atoms with E-state index in [9.17, 15) is 9.90 Å². The van der Waals surface area contributed by atoms with Gasteiger partial charge in [-0.25, -0.2) is 9.37 Å². The van der Waals surface area contributed by atoms with Crippen LogP contribution in [-0.2, 0) is 22.6 Å². The second kappa shape index (κ2) is 15.6. The molecule has 0 aliphatic carbocycles. The van der Waals surface area contributed by atoms with E-state index in [-0.39, 0.29) is 16.8 Å². The zero-order valence-corrected chi connectivity index (χ0v) is 28.9. The minimum absolute atomic E-state index is 0.222. The number of morpholine rings is 1. The highest BCUT2D eigenvalue weighted by molar-refractivity contribution is 5.80. The maximum atomic E-state index is 15.2. The van der Waals surface area contributed by atoms with Crippen LogP contribution in [0.3, 0.4) is 0 Å². The van der Waals surface area contributed by atoms with Gasteiger partial charge in [-0.05, 0) is 66.6 Å². The van der Waals surface area contributed by atoms with Crippen LogP contribution in [0.25, 0.3) is 33.4 Å². The number of pyridine rings is 2. The number of ether oxygens (including phenoxy) is 2. The zero-order valence-electron chi connectivity index (χ0n) is 28.9. The fraction of sp³-hybridized carbons (Fsp3) is 0.317. The molecule has 9 nitrogen and oxygen atoms in total. The van der Waals surface area contributed by atoms with Crippen LogP contribution in [-0.4, -0.2) is 59.1 Å². The predicted octanol–water partition coefficient (Wildman–Crippen LogP) is 6.64. The maximum Gasteiger partial charge on any atom is 0.197 e. The van der Waals surface area contributed by atoms with E-state index in [0.717, 1.165) is 67.9 Å². The van der Waals surface area contributed by atoms with Crippen molar-refractivity contribution < 1.29 is 19.0 Å². The van der Waals surface area contributed by atoms with Crippen LogP contribution in [0.4, 0.5) is 15.9 Å². The van der Waals surface area contributed by atoms with Gasteiger partial charge in [0, 0.05) is 85.9 Å². The summed E-state index contributed by atoms with van der Waals surface area (Å²) in [6.07, 6.45) is 5.98. The molecule has 1 unspecified atom stereocenters. The van der Waals surface area contributed by atoms with Crippen LogP contribution in [0.1, 0.15) is 35.8 Å². The van der Waals surface area contributed by atoms with E-state index in [1.807, 2.05) is 84.4 Å². The average Bonchev–Trinajstić information content (AvgIpc) is 3.15. The number of nitrogens with one attached hydrogen (secondary N) is 1. The SMILES string of the molecule is Cc1ccc(-c2cn(CC3CCOCC3)cc(C(O)Nc3ccc(-c4cc(-c5ccc(CN6CCOCC6)c(F)c5)cnc4N)cc3)c2=O)cc1. The number of aliphatic hydroxyl groups is 1. The first-order valence-electron chi connectivity index (χ1n) is 17.6. The number of aliphatic hydroxyl groups excluding tert-OH is 1. The molecule has 1 atom stereocenters. The first kappa shape index (κ1) is 34.6. The first-order valence-corrected chi connectivity index (χ1v) is 17.6. The summed E-state index contributed by atoms with van der Waals surface area (Å²) in [5.41, 5.74) is 13.1. The van der Waals surface area contributed by atoms with Crippen LogP contribution in [0, 0.1) is 18.7 Å². The monoisotopic (exact) mass is 689 g/mol. The number of nitrogen functional groups attached to an aromatic ring is 1. The Morgan fingerprint density at radius 1 is 0.882 bits per heavy atom. The molecule has 4 N–H and O–H groups in total. The standard InChI is InChI=1S/C41H44FN5O4/c1-27-2-4-30(5-3-27)36-25-47(23-28-12-16-50-17-13-28)26-37(39(36)48)41(49)45-34-10-8-29(9-11-34)35-20-33(22-44-40(35)43)31-6-7-32(38(42)21-31)24-46-14-18-51-19-15-46/h2-11,20-22,25-26,28,41,45,49H,12-19,23-24H2,1H3,(H2,43,44). The Morgan fingerprint density at radius 2 is 1.55 bits per heavy atom. The van der Waals surface area contributed by atoms with Crippen LogP contribution < -0.4 is 16.5 Å². The number of nitrogens with two attached hydrogens (primary N) is 1. The summed E-state index contributed by atoms with van der Waals surface area (Å²) >= 11 is 0. The second-order valence-corrected chi connectivity index (χ2v) is 13.6. The number of hydrogen-bond donors (Lipinski definition) is 3. The second-order valence-electron chi connectivity index (χ2n) is 13.6. The van der Waals surface area contributed by atoms with Crippen molar-refractivity contribution in [3.8, 4) is 33.4 Å². The van der Waals surface area contributed by atoms with Gasteiger partial charge in [-0.2, -0.15) is 0 Å². The lowest BCUT2D eigenvalue weighted by Crippen LogP contribution is -2.35. The van der Waals surface area contributed by atoms with Crippen molar-refractivity contribution in [3.05, 3.63) is 124 Å². The van der Waals surface area contributed by atoms with E-state index in [4.69, 9.17) is 15.2 Å². The molecule has 264 valence electrons. The fourth-order valence-electron chi connectivity index (χ4n) is 6.82. The average molecular weight is 690 g/mol. The molecule has 2 aromatic heterocycles. The Kier molecular flexibility index (Phi) is 10.6. The molecule has 3 aromatic carbocycles. The van der Waals surface area contributed by atoms with Crippen LogP contribution in [0.15, 0.2) is 96.2 Å². The molecule has 0 spiro atoms. The van der Waals surface area contributed by atoms with Gasteiger partial charge in [0.2, 0.25) is 0 Å². The number of rotatable bonds is 10. The van der Waals surface area contributed by atoms with E-state index >= 15 is 4.39 Å². The van der Waals surface area contributed by atoms with Crippen molar-refractivity contribution in [2.75, 3.05) is 50.6 Å². The van der Waals surface area contributed by atoms with Crippen LogP contribution >= 0.6 is 0 Å². The molecule has 7 rings (SSSR count). The maximum absolute atomic E-state index is 15.2. The molecule has 2 fully saturated rings. The zero-order chi connectivity index (χ0) is 35.3. The molecule has 0 saturated carbocycles. The van der Waals surface area contributed by atoms with Crippen molar-refractivity contribution in [1.82, 2.24) is 14.5 Å².